The zero-order valence-electron chi connectivity index (χ0n) is 10.3. The van der Waals surface area contributed by atoms with Gasteiger partial charge in [0.2, 0.25) is 5.91 Å². The molecule has 0 aliphatic carbocycles. The Kier molecular flexibility index (Phi) is 5.39. The first-order valence-electron chi connectivity index (χ1n) is 5.52. The van der Waals surface area contributed by atoms with Crippen molar-refractivity contribution in [2.24, 2.45) is 0 Å². The van der Waals surface area contributed by atoms with Crippen molar-refractivity contribution in [2.75, 3.05) is 12.3 Å². The van der Waals surface area contributed by atoms with Crippen molar-refractivity contribution in [1.29, 1.82) is 0 Å². The lowest BCUT2D eigenvalue weighted by atomic mass is 10.1. The Morgan fingerprint density at radius 1 is 1.39 bits per heavy atom. The van der Waals surface area contributed by atoms with Crippen molar-refractivity contribution in [3.63, 3.8) is 0 Å². The number of anilines is 1. The molecule has 98 valence electrons. The molecule has 6 heteroatoms. The Balaban J connectivity index is 2.60. The van der Waals surface area contributed by atoms with E-state index in [9.17, 15) is 9.59 Å². The van der Waals surface area contributed by atoms with Gasteiger partial charge in [-0.1, -0.05) is 0 Å². The van der Waals surface area contributed by atoms with Crippen molar-refractivity contribution in [1.82, 2.24) is 10.6 Å². The average Bonchev–Trinajstić information content (AvgIpc) is 2.28. The second-order valence-electron chi connectivity index (χ2n) is 4.14. The Labute approximate surface area is 120 Å². The lowest BCUT2D eigenvalue weighted by molar-refractivity contribution is -0.120. The molecular weight excluding hydrogens is 345 g/mol. The van der Waals surface area contributed by atoms with Gasteiger partial charge in [0.05, 0.1) is 12.1 Å². The van der Waals surface area contributed by atoms with Crippen molar-refractivity contribution in [3.8, 4) is 0 Å². The van der Waals surface area contributed by atoms with Gasteiger partial charge in [-0.15, -0.1) is 0 Å². The maximum atomic E-state index is 11.8. The van der Waals surface area contributed by atoms with Crippen LogP contribution >= 0.6 is 22.6 Å². The molecule has 0 aromatic heterocycles. The summed E-state index contributed by atoms with van der Waals surface area (Å²) in [5, 5.41) is 5.23. The molecule has 0 aliphatic heterocycles. The minimum absolute atomic E-state index is 0.0529. The van der Waals surface area contributed by atoms with Crippen LogP contribution in [-0.4, -0.2) is 24.4 Å². The van der Waals surface area contributed by atoms with Crippen molar-refractivity contribution < 1.29 is 9.59 Å². The van der Waals surface area contributed by atoms with E-state index < -0.39 is 0 Å². The molecule has 18 heavy (non-hydrogen) atoms. The van der Waals surface area contributed by atoms with Gasteiger partial charge in [0.25, 0.3) is 5.91 Å². The van der Waals surface area contributed by atoms with Crippen molar-refractivity contribution >= 4 is 40.1 Å². The molecule has 0 radical (unpaired) electrons. The van der Waals surface area contributed by atoms with Crippen LogP contribution in [0.15, 0.2) is 18.2 Å². The predicted molar refractivity (Wildman–Crippen MR) is 79.2 cm³/mol. The summed E-state index contributed by atoms with van der Waals surface area (Å²) < 4.78 is 0.915. The first-order chi connectivity index (χ1) is 8.40. The fraction of sp³-hybridized carbons (Fsp3) is 0.333. The molecule has 0 spiro atoms. The first kappa shape index (κ1) is 14.7. The molecule has 0 saturated heterocycles. The minimum Gasteiger partial charge on any atom is -0.398 e. The summed E-state index contributed by atoms with van der Waals surface area (Å²) >= 11 is 2.10. The normalized spacial score (nSPS) is 10.2. The van der Waals surface area contributed by atoms with Crippen LogP contribution in [0.2, 0.25) is 0 Å². The largest absolute Gasteiger partial charge is 0.398 e. The van der Waals surface area contributed by atoms with Crippen LogP contribution in [0.3, 0.4) is 0 Å². The maximum Gasteiger partial charge on any atom is 0.253 e. The molecule has 5 nitrogen and oxygen atoms in total. The predicted octanol–water partition coefficient (Wildman–Crippen LogP) is 1.13. The van der Waals surface area contributed by atoms with Crippen LogP contribution in [0.4, 0.5) is 5.69 Å². The highest BCUT2D eigenvalue weighted by molar-refractivity contribution is 14.1. The summed E-state index contributed by atoms with van der Waals surface area (Å²) in [7, 11) is 0. The molecule has 1 rings (SSSR count). The second-order valence-corrected chi connectivity index (χ2v) is 5.38. The highest BCUT2D eigenvalue weighted by atomic mass is 127. The van der Waals surface area contributed by atoms with E-state index in [0.29, 0.717) is 11.3 Å². The van der Waals surface area contributed by atoms with E-state index in [1.807, 2.05) is 19.9 Å². The Morgan fingerprint density at radius 2 is 2.06 bits per heavy atom. The van der Waals surface area contributed by atoms with Gasteiger partial charge in [-0.25, -0.2) is 0 Å². The van der Waals surface area contributed by atoms with Gasteiger partial charge in [0.1, 0.15) is 0 Å². The number of nitrogen functional groups attached to an aromatic ring is 1. The number of hydrogen-bond acceptors (Lipinski definition) is 3. The summed E-state index contributed by atoms with van der Waals surface area (Å²) in [6, 6.07) is 5.23. The van der Waals surface area contributed by atoms with Crippen LogP contribution in [0.25, 0.3) is 0 Å². The molecule has 0 atom stereocenters. The number of nitrogens with two attached hydrogens (primary N) is 1. The van der Waals surface area contributed by atoms with Gasteiger partial charge in [0, 0.05) is 15.3 Å². The minimum atomic E-state index is -0.343. The Hall–Kier alpha value is -1.31. The summed E-state index contributed by atoms with van der Waals surface area (Å²) in [6.45, 7) is 3.66. The fourth-order valence-electron chi connectivity index (χ4n) is 1.35. The van der Waals surface area contributed by atoms with Gasteiger partial charge in [-0.3, -0.25) is 9.59 Å². The number of carbonyl (C=O) groups is 2. The van der Waals surface area contributed by atoms with Crippen molar-refractivity contribution in [3.05, 3.63) is 27.3 Å². The van der Waals surface area contributed by atoms with E-state index in [0.717, 1.165) is 3.57 Å². The van der Waals surface area contributed by atoms with Crippen LogP contribution < -0.4 is 16.4 Å². The second kappa shape index (κ2) is 6.58. The SMILES string of the molecule is CC(C)NC(=O)CNC(=O)c1cc(I)ccc1N. The molecule has 0 heterocycles. The molecule has 4 N–H and O–H groups in total. The quantitative estimate of drug-likeness (QED) is 0.555. The van der Waals surface area contributed by atoms with E-state index in [4.69, 9.17) is 5.73 Å². The van der Waals surface area contributed by atoms with Gasteiger partial charge in [0.15, 0.2) is 0 Å². The van der Waals surface area contributed by atoms with E-state index in [1.54, 1.807) is 12.1 Å². The fourth-order valence-corrected chi connectivity index (χ4v) is 1.85. The smallest absolute Gasteiger partial charge is 0.253 e. The molecule has 2 amide bonds. The number of benzene rings is 1. The highest BCUT2D eigenvalue weighted by Crippen LogP contribution is 2.15. The first-order valence-corrected chi connectivity index (χ1v) is 6.60. The van der Waals surface area contributed by atoms with E-state index in [1.165, 1.54) is 0 Å². The Bertz CT molecular complexity index is 461. The maximum absolute atomic E-state index is 11.8. The Morgan fingerprint density at radius 3 is 2.67 bits per heavy atom. The monoisotopic (exact) mass is 361 g/mol. The molecular formula is C12H16IN3O2. The number of nitrogens with one attached hydrogen (secondary N) is 2. The standard InChI is InChI=1S/C12H16IN3O2/c1-7(2)16-11(17)6-15-12(18)9-5-8(13)3-4-10(9)14/h3-5,7H,6,14H2,1-2H3,(H,15,18)(H,16,17). The molecule has 0 bridgehead atoms. The molecule has 0 saturated carbocycles. The third-order valence-corrected chi connectivity index (χ3v) is 2.79. The van der Waals surface area contributed by atoms with Gasteiger partial charge in [-0.05, 0) is 54.6 Å². The summed E-state index contributed by atoms with van der Waals surface area (Å²) in [5.41, 5.74) is 6.50. The number of rotatable bonds is 4. The summed E-state index contributed by atoms with van der Waals surface area (Å²) in [6.07, 6.45) is 0. The topological polar surface area (TPSA) is 84.2 Å². The number of amides is 2. The third-order valence-electron chi connectivity index (χ3n) is 2.12. The molecule has 1 aromatic rings. The zero-order chi connectivity index (χ0) is 13.7. The number of halogens is 1. The lowest BCUT2D eigenvalue weighted by Crippen LogP contribution is -2.40. The van der Waals surface area contributed by atoms with E-state index >= 15 is 0 Å². The van der Waals surface area contributed by atoms with Gasteiger partial charge >= 0.3 is 0 Å². The highest BCUT2D eigenvalue weighted by Gasteiger charge is 2.11. The number of carbonyl (C=O) groups excluding carboxylic acids is 2. The molecule has 0 fully saturated rings. The lowest BCUT2D eigenvalue weighted by Gasteiger charge is -2.10. The van der Waals surface area contributed by atoms with E-state index in [2.05, 4.69) is 33.2 Å². The van der Waals surface area contributed by atoms with Crippen LogP contribution in [0, 0.1) is 3.57 Å². The third kappa shape index (κ3) is 4.52. The number of hydrogen-bond donors (Lipinski definition) is 3. The molecule has 1 aromatic carbocycles. The summed E-state index contributed by atoms with van der Waals surface area (Å²) in [4.78, 5) is 23.2. The van der Waals surface area contributed by atoms with Crippen molar-refractivity contribution in [2.45, 2.75) is 19.9 Å². The van der Waals surface area contributed by atoms with Gasteiger partial charge < -0.3 is 16.4 Å². The average molecular weight is 361 g/mol. The van der Waals surface area contributed by atoms with Crippen LogP contribution in [0.1, 0.15) is 24.2 Å². The molecule has 0 aliphatic rings. The van der Waals surface area contributed by atoms with E-state index in [-0.39, 0.29) is 24.4 Å². The van der Waals surface area contributed by atoms with Crippen LogP contribution in [-0.2, 0) is 4.79 Å². The summed E-state index contributed by atoms with van der Waals surface area (Å²) in [5.74, 6) is -0.563. The van der Waals surface area contributed by atoms with Gasteiger partial charge in [-0.2, -0.15) is 0 Å². The molecule has 0 unspecified atom stereocenters. The van der Waals surface area contributed by atoms with Crippen LogP contribution in [0.5, 0.6) is 0 Å². The zero-order valence-corrected chi connectivity index (χ0v) is 12.4.